The molecule has 0 amide bonds. The zero-order valence-corrected chi connectivity index (χ0v) is 17.5. The van der Waals surface area contributed by atoms with Crippen LogP contribution in [0.5, 0.6) is 0 Å². The molecule has 1 rings (SSSR count). The smallest absolute Gasteiger partial charge is 0.191 e. The molecule has 0 spiro atoms. The van der Waals surface area contributed by atoms with Crippen LogP contribution in [0.15, 0.2) is 29.3 Å². The molecule has 0 radical (unpaired) electrons. The number of methoxy groups -OCH3 is 1. The third kappa shape index (κ3) is 8.82. The van der Waals surface area contributed by atoms with E-state index in [1.165, 1.54) is 6.07 Å². The lowest BCUT2D eigenvalue weighted by Crippen LogP contribution is -2.43. The van der Waals surface area contributed by atoms with Gasteiger partial charge in [0.2, 0.25) is 0 Å². The third-order valence-corrected chi connectivity index (χ3v) is 3.85. The van der Waals surface area contributed by atoms with E-state index in [2.05, 4.69) is 29.5 Å². The molecule has 0 unspecified atom stereocenters. The molecule has 0 bridgehead atoms. The van der Waals surface area contributed by atoms with Crippen molar-refractivity contribution in [2.45, 2.75) is 38.5 Å². The first-order valence-corrected chi connectivity index (χ1v) is 8.19. The Morgan fingerprint density at radius 1 is 1.21 bits per heavy atom. The fourth-order valence-corrected chi connectivity index (χ4v) is 2.29. The molecule has 0 aliphatic heterocycles. The van der Waals surface area contributed by atoms with Crippen molar-refractivity contribution in [2.24, 2.45) is 4.99 Å². The van der Waals surface area contributed by atoms with E-state index < -0.39 is 0 Å². The summed E-state index contributed by atoms with van der Waals surface area (Å²) in [5, 5.41) is 6.63. The van der Waals surface area contributed by atoms with Gasteiger partial charge in [-0.2, -0.15) is 0 Å². The zero-order chi connectivity index (χ0) is 17.1. The highest BCUT2D eigenvalue weighted by atomic mass is 127. The van der Waals surface area contributed by atoms with Crippen molar-refractivity contribution in [3.05, 3.63) is 35.6 Å². The van der Waals surface area contributed by atoms with E-state index in [9.17, 15) is 4.39 Å². The van der Waals surface area contributed by atoms with E-state index in [0.717, 1.165) is 43.9 Å². The molecule has 138 valence electrons. The summed E-state index contributed by atoms with van der Waals surface area (Å²) in [7, 11) is 3.49. The van der Waals surface area contributed by atoms with Gasteiger partial charge in [-0.25, -0.2) is 4.39 Å². The molecule has 0 atom stereocenters. The van der Waals surface area contributed by atoms with Crippen molar-refractivity contribution in [2.75, 3.05) is 33.9 Å². The Kier molecular flexibility index (Phi) is 12.0. The summed E-state index contributed by atoms with van der Waals surface area (Å²) >= 11 is 0. The summed E-state index contributed by atoms with van der Waals surface area (Å²) in [5.74, 6) is 0.579. The van der Waals surface area contributed by atoms with Crippen molar-refractivity contribution in [3.8, 4) is 0 Å². The molecule has 0 aliphatic rings. The maximum Gasteiger partial charge on any atom is 0.191 e. The van der Waals surface area contributed by atoms with Crippen LogP contribution in [-0.2, 0) is 10.2 Å². The average Bonchev–Trinajstić information content (AvgIpc) is 2.53. The molecule has 2 N–H and O–H groups in total. The molecule has 0 aromatic heterocycles. The lowest BCUT2D eigenvalue weighted by molar-refractivity contribution is 0.192. The minimum Gasteiger partial charge on any atom is -0.385 e. The maximum absolute atomic E-state index is 13.4. The summed E-state index contributed by atoms with van der Waals surface area (Å²) < 4.78 is 18.4. The third-order valence-electron chi connectivity index (χ3n) is 3.85. The summed E-state index contributed by atoms with van der Waals surface area (Å²) in [4.78, 5) is 4.23. The van der Waals surface area contributed by atoms with Crippen molar-refractivity contribution in [3.63, 3.8) is 0 Å². The van der Waals surface area contributed by atoms with Gasteiger partial charge in [0, 0.05) is 39.3 Å². The average molecular weight is 451 g/mol. The highest BCUT2D eigenvalue weighted by molar-refractivity contribution is 14.0. The number of benzene rings is 1. The second kappa shape index (κ2) is 12.5. The summed E-state index contributed by atoms with van der Waals surface area (Å²) in [5.41, 5.74) is 0.790. The maximum atomic E-state index is 13.4. The van der Waals surface area contributed by atoms with E-state index >= 15 is 0 Å². The molecule has 0 fully saturated rings. The topological polar surface area (TPSA) is 45.7 Å². The quantitative estimate of drug-likeness (QED) is 0.261. The number of aliphatic imine (C=N–C) groups is 1. The molecule has 1 aromatic rings. The Morgan fingerprint density at radius 2 is 1.96 bits per heavy atom. The van der Waals surface area contributed by atoms with Crippen molar-refractivity contribution < 1.29 is 9.13 Å². The van der Waals surface area contributed by atoms with E-state index in [0.29, 0.717) is 6.54 Å². The lowest BCUT2D eigenvalue weighted by Gasteiger charge is -2.26. The first-order chi connectivity index (χ1) is 11.0. The summed E-state index contributed by atoms with van der Waals surface area (Å²) in [6.45, 7) is 6.55. The molecule has 0 aliphatic carbocycles. The van der Waals surface area contributed by atoms with Crippen LogP contribution in [0.2, 0.25) is 0 Å². The predicted molar refractivity (Wildman–Crippen MR) is 110 cm³/mol. The van der Waals surface area contributed by atoms with Gasteiger partial charge in [0.1, 0.15) is 5.82 Å². The van der Waals surface area contributed by atoms with E-state index in [4.69, 9.17) is 4.74 Å². The SMILES string of the molecule is CN=C(NCCCCCOC)NCC(C)(C)c1cccc(F)c1.I. The highest BCUT2D eigenvalue weighted by Crippen LogP contribution is 2.22. The Labute approximate surface area is 162 Å². The number of hydrogen-bond acceptors (Lipinski definition) is 2. The number of rotatable bonds is 9. The van der Waals surface area contributed by atoms with Crippen LogP contribution < -0.4 is 10.6 Å². The summed E-state index contributed by atoms with van der Waals surface area (Å²) in [6.07, 6.45) is 3.29. The number of nitrogens with one attached hydrogen (secondary N) is 2. The van der Waals surface area contributed by atoms with Gasteiger partial charge in [0.15, 0.2) is 5.96 Å². The van der Waals surface area contributed by atoms with Crippen molar-refractivity contribution in [1.29, 1.82) is 0 Å². The number of unbranched alkanes of at least 4 members (excludes halogenated alkanes) is 2. The normalized spacial score (nSPS) is 11.8. The Balaban J connectivity index is 0.00000529. The fraction of sp³-hybridized carbons (Fsp3) is 0.611. The van der Waals surface area contributed by atoms with Gasteiger partial charge in [-0.15, -0.1) is 24.0 Å². The Morgan fingerprint density at radius 3 is 2.58 bits per heavy atom. The van der Waals surface area contributed by atoms with Crippen LogP contribution in [0, 0.1) is 5.82 Å². The second-order valence-corrected chi connectivity index (χ2v) is 6.30. The number of halogens is 2. The lowest BCUT2D eigenvalue weighted by atomic mass is 9.84. The number of hydrogen-bond donors (Lipinski definition) is 2. The van der Waals surface area contributed by atoms with Crippen LogP contribution >= 0.6 is 24.0 Å². The Bertz CT molecular complexity index is 495. The van der Waals surface area contributed by atoms with Crippen LogP contribution in [-0.4, -0.2) is 39.8 Å². The van der Waals surface area contributed by atoms with Crippen LogP contribution in [0.25, 0.3) is 0 Å². The van der Waals surface area contributed by atoms with Gasteiger partial charge >= 0.3 is 0 Å². The first-order valence-electron chi connectivity index (χ1n) is 8.19. The molecule has 4 nitrogen and oxygen atoms in total. The summed E-state index contributed by atoms with van der Waals surface area (Å²) in [6, 6.07) is 6.76. The molecule has 0 saturated carbocycles. The van der Waals surface area contributed by atoms with Gasteiger partial charge in [-0.1, -0.05) is 26.0 Å². The van der Waals surface area contributed by atoms with Crippen molar-refractivity contribution in [1.82, 2.24) is 10.6 Å². The minimum atomic E-state index is -0.200. The van der Waals surface area contributed by atoms with Crippen LogP contribution in [0.3, 0.4) is 0 Å². The van der Waals surface area contributed by atoms with E-state index in [1.54, 1.807) is 26.3 Å². The predicted octanol–water partition coefficient (Wildman–Crippen LogP) is 3.70. The standard InChI is InChI=1S/C18H30FN3O.HI/c1-18(2,15-9-8-10-16(19)13-15)14-22-17(20-3)21-11-6-5-7-12-23-4;/h8-10,13H,5-7,11-12,14H2,1-4H3,(H2,20,21,22);1H. The van der Waals surface area contributed by atoms with Gasteiger partial charge in [0.25, 0.3) is 0 Å². The molecular formula is C18H31FIN3O. The van der Waals surface area contributed by atoms with Gasteiger partial charge in [0.05, 0.1) is 0 Å². The molecular weight excluding hydrogens is 420 g/mol. The fourth-order valence-electron chi connectivity index (χ4n) is 2.29. The zero-order valence-electron chi connectivity index (χ0n) is 15.2. The van der Waals surface area contributed by atoms with E-state index in [-0.39, 0.29) is 35.2 Å². The largest absolute Gasteiger partial charge is 0.385 e. The minimum absolute atomic E-state index is 0. The van der Waals surface area contributed by atoms with Crippen LogP contribution in [0.4, 0.5) is 4.39 Å². The van der Waals surface area contributed by atoms with Gasteiger partial charge in [-0.3, -0.25) is 4.99 Å². The molecule has 0 saturated heterocycles. The molecule has 6 heteroatoms. The first kappa shape index (κ1) is 23.1. The second-order valence-electron chi connectivity index (χ2n) is 6.30. The molecule has 1 aromatic carbocycles. The van der Waals surface area contributed by atoms with Gasteiger partial charge < -0.3 is 15.4 Å². The monoisotopic (exact) mass is 451 g/mol. The molecule has 0 heterocycles. The highest BCUT2D eigenvalue weighted by Gasteiger charge is 2.21. The van der Waals surface area contributed by atoms with Crippen LogP contribution in [0.1, 0.15) is 38.7 Å². The number of guanidine groups is 1. The van der Waals surface area contributed by atoms with Crippen molar-refractivity contribution >= 4 is 29.9 Å². The molecule has 24 heavy (non-hydrogen) atoms. The van der Waals surface area contributed by atoms with Gasteiger partial charge in [-0.05, 0) is 37.0 Å². The Hall–Kier alpha value is -0.890. The number of ether oxygens (including phenoxy) is 1. The van der Waals surface area contributed by atoms with E-state index in [1.807, 2.05) is 6.07 Å². The number of nitrogens with zero attached hydrogens (tertiary/aromatic N) is 1.